The molecule has 26 heavy (non-hydrogen) atoms. The van der Waals surface area contributed by atoms with Crippen molar-refractivity contribution in [2.75, 3.05) is 11.9 Å². The van der Waals surface area contributed by atoms with Gasteiger partial charge in [0, 0.05) is 44.4 Å². The van der Waals surface area contributed by atoms with Crippen LogP contribution in [0.4, 0.5) is 5.95 Å². The fourth-order valence-corrected chi connectivity index (χ4v) is 3.30. The molecule has 0 spiro atoms. The van der Waals surface area contributed by atoms with E-state index in [1.54, 1.807) is 18.5 Å². The molecule has 1 N–H and O–H groups in total. The van der Waals surface area contributed by atoms with Gasteiger partial charge in [-0.05, 0) is 18.6 Å². The van der Waals surface area contributed by atoms with E-state index in [9.17, 15) is 0 Å². The topological polar surface area (TPSA) is 76.7 Å². The molecule has 3 aromatic heterocycles. The first-order valence-corrected chi connectivity index (χ1v) is 9.10. The minimum absolute atomic E-state index is 0.628. The van der Waals surface area contributed by atoms with Crippen molar-refractivity contribution in [2.45, 2.75) is 46.1 Å². The predicted octanol–water partition coefficient (Wildman–Crippen LogP) is 1.91. The van der Waals surface area contributed by atoms with Crippen LogP contribution in [0.3, 0.4) is 0 Å². The quantitative estimate of drug-likeness (QED) is 0.700. The van der Waals surface area contributed by atoms with Crippen molar-refractivity contribution in [1.82, 2.24) is 34.2 Å². The van der Waals surface area contributed by atoms with E-state index in [-0.39, 0.29) is 0 Å². The molecule has 0 fully saturated rings. The van der Waals surface area contributed by atoms with Gasteiger partial charge in [-0.15, -0.1) is 0 Å². The fourth-order valence-electron chi connectivity index (χ4n) is 3.30. The van der Waals surface area contributed by atoms with Crippen LogP contribution in [0.2, 0.25) is 0 Å². The number of anilines is 1. The van der Waals surface area contributed by atoms with Crippen LogP contribution in [0.15, 0.2) is 36.9 Å². The van der Waals surface area contributed by atoms with Crippen LogP contribution in [0, 0.1) is 0 Å². The highest BCUT2D eigenvalue weighted by atomic mass is 15.3. The number of aromatic nitrogens is 6. The van der Waals surface area contributed by atoms with Crippen molar-refractivity contribution in [3.05, 3.63) is 54.1 Å². The molecule has 0 bridgehead atoms. The summed E-state index contributed by atoms with van der Waals surface area (Å²) in [6, 6.07) is 3.97. The monoisotopic (exact) mass is 352 g/mol. The summed E-state index contributed by atoms with van der Waals surface area (Å²) in [5.74, 6) is 1.77. The molecular weight excluding hydrogens is 328 g/mol. The van der Waals surface area contributed by atoms with E-state index in [0.717, 1.165) is 50.7 Å². The van der Waals surface area contributed by atoms with E-state index in [0.29, 0.717) is 12.5 Å². The standard InChI is InChI=1S/C18H24N8/c1-2-7-25-8-6-19-17(25)14-24-9-10-26-16(13-24)11-15(23-26)12-22-18-20-4-3-5-21-18/h3-6,8,11H,2,7,9-10,12-14H2,1H3,(H,20,21,22). The molecule has 3 aromatic rings. The lowest BCUT2D eigenvalue weighted by Gasteiger charge is -2.27. The van der Waals surface area contributed by atoms with Crippen LogP contribution in [-0.2, 0) is 32.7 Å². The number of hydrogen-bond donors (Lipinski definition) is 1. The smallest absolute Gasteiger partial charge is 0.222 e. The Morgan fingerprint density at radius 2 is 2.00 bits per heavy atom. The lowest BCUT2D eigenvalue weighted by molar-refractivity contribution is 0.198. The SMILES string of the molecule is CCCn1ccnc1CN1CCn2nc(CNc3ncccn3)cc2C1. The van der Waals surface area contributed by atoms with Gasteiger partial charge in [-0.3, -0.25) is 9.58 Å². The summed E-state index contributed by atoms with van der Waals surface area (Å²) in [7, 11) is 0. The number of hydrogen-bond acceptors (Lipinski definition) is 6. The summed E-state index contributed by atoms with van der Waals surface area (Å²) >= 11 is 0. The van der Waals surface area contributed by atoms with Gasteiger partial charge in [0.1, 0.15) is 5.82 Å². The molecule has 0 saturated carbocycles. The highest BCUT2D eigenvalue weighted by Gasteiger charge is 2.19. The maximum atomic E-state index is 4.70. The van der Waals surface area contributed by atoms with E-state index < -0.39 is 0 Å². The van der Waals surface area contributed by atoms with E-state index in [2.05, 4.69) is 53.6 Å². The Labute approximate surface area is 152 Å². The summed E-state index contributed by atoms with van der Waals surface area (Å²) in [5, 5.41) is 7.91. The third-order valence-electron chi connectivity index (χ3n) is 4.55. The highest BCUT2D eigenvalue weighted by molar-refractivity contribution is 5.24. The van der Waals surface area contributed by atoms with Crippen LogP contribution in [0.5, 0.6) is 0 Å². The third-order valence-corrected chi connectivity index (χ3v) is 4.55. The Bertz CT molecular complexity index is 838. The van der Waals surface area contributed by atoms with E-state index >= 15 is 0 Å². The number of rotatable bonds is 7. The molecule has 0 unspecified atom stereocenters. The first kappa shape index (κ1) is 16.7. The Balaban J connectivity index is 1.38. The van der Waals surface area contributed by atoms with Gasteiger partial charge in [-0.1, -0.05) is 6.92 Å². The number of nitrogens with one attached hydrogen (secondary N) is 1. The molecule has 0 atom stereocenters. The number of nitrogens with zero attached hydrogens (tertiary/aromatic N) is 7. The van der Waals surface area contributed by atoms with Gasteiger partial charge in [0.05, 0.1) is 31.0 Å². The van der Waals surface area contributed by atoms with Gasteiger partial charge in [0.25, 0.3) is 0 Å². The van der Waals surface area contributed by atoms with Crippen molar-refractivity contribution in [2.24, 2.45) is 0 Å². The lowest BCUT2D eigenvalue weighted by Crippen LogP contribution is -2.34. The Kier molecular flexibility index (Phi) is 4.92. The van der Waals surface area contributed by atoms with Crippen molar-refractivity contribution in [3.63, 3.8) is 0 Å². The van der Waals surface area contributed by atoms with E-state index in [4.69, 9.17) is 5.10 Å². The summed E-state index contributed by atoms with van der Waals surface area (Å²) in [6.07, 6.45) is 8.55. The van der Waals surface area contributed by atoms with Crippen molar-refractivity contribution < 1.29 is 0 Å². The molecule has 8 nitrogen and oxygen atoms in total. The molecular formula is C18H24N8. The van der Waals surface area contributed by atoms with Crippen LogP contribution in [0.25, 0.3) is 0 Å². The third kappa shape index (κ3) is 3.75. The van der Waals surface area contributed by atoms with Gasteiger partial charge in [-0.25, -0.2) is 15.0 Å². The zero-order chi connectivity index (χ0) is 17.8. The summed E-state index contributed by atoms with van der Waals surface area (Å²) in [6.45, 7) is 7.52. The maximum Gasteiger partial charge on any atom is 0.222 e. The minimum Gasteiger partial charge on any atom is -0.348 e. The maximum absolute atomic E-state index is 4.70. The second-order valence-corrected chi connectivity index (χ2v) is 6.52. The average Bonchev–Trinajstić information content (AvgIpc) is 3.27. The second-order valence-electron chi connectivity index (χ2n) is 6.52. The van der Waals surface area contributed by atoms with Crippen LogP contribution in [0.1, 0.15) is 30.6 Å². The molecule has 1 aliphatic heterocycles. The Hall–Kier alpha value is -2.74. The lowest BCUT2D eigenvalue weighted by atomic mass is 10.2. The molecule has 0 aliphatic carbocycles. The molecule has 0 aromatic carbocycles. The summed E-state index contributed by atoms with van der Waals surface area (Å²) < 4.78 is 4.36. The predicted molar refractivity (Wildman–Crippen MR) is 98.2 cm³/mol. The zero-order valence-electron chi connectivity index (χ0n) is 15.0. The molecule has 136 valence electrons. The van der Waals surface area contributed by atoms with Crippen molar-refractivity contribution in [1.29, 1.82) is 0 Å². The van der Waals surface area contributed by atoms with Gasteiger partial charge >= 0.3 is 0 Å². The van der Waals surface area contributed by atoms with Crippen LogP contribution < -0.4 is 5.32 Å². The van der Waals surface area contributed by atoms with Gasteiger partial charge in [0.2, 0.25) is 5.95 Å². The van der Waals surface area contributed by atoms with Crippen LogP contribution in [-0.4, -0.2) is 40.7 Å². The van der Waals surface area contributed by atoms with Gasteiger partial charge < -0.3 is 9.88 Å². The molecule has 4 heterocycles. The highest BCUT2D eigenvalue weighted by Crippen LogP contribution is 2.16. The normalized spacial score (nSPS) is 14.3. The van der Waals surface area contributed by atoms with E-state index in [1.807, 2.05) is 6.20 Å². The molecule has 4 rings (SSSR count). The first-order chi connectivity index (χ1) is 12.8. The van der Waals surface area contributed by atoms with Crippen molar-refractivity contribution in [3.8, 4) is 0 Å². The average molecular weight is 352 g/mol. The number of aryl methyl sites for hydroxylation is 1. The Morgan fingerprint density at radius 1 is 1.12 bits per heavy atom. The largest absolute Gasteiger partial charge is 0.348 e. The van der Waals surface area contributed by atoms with E-state index in [1.165, 1.54) is 5.69 Å². The Morgan fingerprint density at radius 3 is 2.85 bits per heavy atom. The zero-order valence-corrected chi connectivity index (χ0v) is 15.0. The fraction of sp³-hybridized carbons (Fsp3) is 0.444. The van der Waals surface area contributed by atoms with Crippen LogP contribution >= 0.6 is 0 Å². The summed E-state index contributed by atoms with van der Waals surface area (Å²) in [4.78, 5) is 15.3. The number of imidazole rings is 1. The van der Waals surface area contributed by atoms with Gasteiger partial charge in [-0.2, -0.15) is 5.10 Å². The number of fused-ring (bicyclic) bond motifs is 1. The molecule has 8 heteroatoms. The molecule has 1 aliphatic rings. The molecule has 0 saturated heterocycles. The molecule has 0 amide bonds. The summed E-state index contributed by atoms with van der Waals surface area (Å²) in [5.41, 5.74) is 2.26. The molecule has 0 radical (unpaired) electrons. The first-order valence-electron chi connectivity index (χ1n) is 9.10. The second kappa shape index (κ2) is 7.65. The van der Waals surface area contributed by atoms with Gasteiger partial charge in [0.15, 0.2) is 0 Å². The van der Waals surface area contributed by atoms with Crippen molar-refractivity contribution >= 4 is 5.95 Å². The minimum atomic E-state index is 0.628.